The molecule has 0 radical (unpaired) electrons. The molecule has 0 saturated carbocycles. The van der Waals surface area contributed by atoms with Gasteiger partial charge in [0.05, 0.1) is 12.5 Å². The molecular formula is C5H8N2OS. The van der Waals surface area contributed by atoms with Gasteiger partial charge < -0.3 is 5.32 Å². The SMILES string of the molecule is CC(CC#N)NC(=O)S. The zero-order chi connectivity index (χ0) is 7.28. The minimum atomic E-state index is -0.391. The van der Waals surface area contributed by atoms with Gasteiger partial charge in [0.25, 0.3) is 5.24 Å². The number of nitrogens with zero attached hydrogens (tertiary/aromatic N) is 1. The van der Waals surface area contributed by atoms with E-state index in [-0.39, 0.29) is 6.04 Å². The van der Waals surface area contributed by atoms with E-state index in [4.69, 9.17) is 5.26 Å². The quantitative estimate of drug-likeness (QED) is 0.566. The zero-order valence-corrected chi connectivity index (χ0v) is 5.98. The fourth-order valence-corrected chi connectivity index (χ4v) is 0.619. The third kappa shape index (κ3) is 5.18. The molecule has 1 atom stereocenters. The molecular weight excluding hydrogens is 136 g/mol. The molecule has 1 N–H and O–H groups in total. The maximum absolute atomic E-state index is 10.2. The van der Waals surface area contributed by atoms with Crippen molar-refractivity contribution in [3.8, 4) is 6.07 Å². The summed E-state index contributed by atoms with van der Waals surface area (Å²) in [5, 5.41) is 10.2. The molecule has 0 aliphatic rings. The van der Waals surface area contributed by atoms with E-state index >= 15 is 0 Å². The van der Waals surface area contributed by atoms with Gasteiger partial charge in [0.2, 0.25) is 0 Å². The molecule has 0 aromatic carbocycles. The van der Waals surface area contributed by atoms with Crippen molar-refractivity contribution in [2.75, 3.05) is 0 Å². The standard InChI is InChI=1S/C5H8N2OS/c1-4(2-3-6)7-5(8)9/h4H,2H2,1H3,(H2,7,8,9). The van der Waals surface area contributed by atoms with Gasteiger partial charge in [-0.2, -0.15) is 5.26 Å². The fourth-order valence-electron chi connectivity index (χ4n) is 0.399. The van der Waals surface area contributed by atoms with Crippen molar-refractivity contribution in [2.45, 2.75) is 19.4 Å². The van der Waals surface area contributed by atoms with Crippen LogP contribution in [-0.4, -0.2) is 11.3 Å². The van der Waals surface area contributed by atoms with Gasteiger partial charge in [0.1, 0.15) is 0 Å². The van der Waals surface area contributed by atoms with Gasteiger partial charge in [-0.05, 0) is 6.92 Å². The van der Waals surface area contributed by atoms with Crippen LogP contribution in [0.2, 0.25) is 0 Å². The van der Waals surface area contributed by atoms with E-state index in [1.165, 1.54) is 0 Å². The van der Waals surface area contributed by atoms with Gasteiger partial charge in [-0.25, -0.2) is 0 Å². The molecule has 0 aromatic rings. The Morgan fingerprint density at radius 3 is 2.89 bits per heavy atom. The maximum atomic E-state index is 10.2. The number of thiol groups is 1. The monoisotopic (exact) mass is 144 g/mol. The third-order valence-electron chi connectivity index (χ3n) is 0.767. The number of nitriles is 1. The molecule has 9 heavy (non-hydrogen) atoms. The highest BCUT2D eigenvalue weighted by Crippen LogP contribution is 1.88. The Morgan fingerprint density at radius 1 is 2.00 bits per heavy atom. The molecule has 0 aliphatic heterocycles. The van der Waals surface area contributed by atoms with Crippen LogP contribution in [-0.2, 0) is 0 Å². The summed E-state index contributed by atoms with van der Waals surface area (Å²) in [7, 11) is 0. The Bertz CT molecular complexity index is 140. The Kier molecular flexibility index (Phi) is 3.89. The molecule has 0 spiro atoms. The predicted molar refractivity (Wildman–Crippen MR) is 37.2 cm³/mol. The Balaban J connectivity index is 3.40. The number of hydrogen-bond donors (Lipinski definition) is 2. The lowest BCUT2D eigenvalue weighted by Crippen LogP contribution is -2.27. The van der Waals surface area contributed by atoms with Crippen molar-refractivity contribution in [2.24, 2.45) is 0 Å². The molecule has 0 heterocycles. The first-order valence-corrected chi connectivity index (χ1v) is 2.98. The lowest BCUT2D eigenvalue weighted by Gasteiger charge is -2.04. The summed E-state index contributed by atoms with van der Waals surface area (Å²) in [6.45, 7) is 1.75. The second-order valence-electron chi connectivity index (χ2n) is 1.71. The second-order valence-corrected chi connectivity index (χ2v) is 2.12. The van der Waals surface area contributed by atoms with Crippen LogP contribution in [0.5, 0.6) is 0 Å². The smallest absolute Gasteiger partial charge is 0.276 e. The summed E-state index contributed by atoms with van der Waals surface area (Å²) < 4.78 is 0. The van der Waals surface area contributed by atoms with Crippen molar-refractivity contribution in [1.82, 2.24) is 5.32 Å². The molecule has 0 aromatic heterocycles. The topological polar surface area (TPSA) is 52.9 Å². The van der Waals surface area contributed by atoms with E-state index in [1.54, 1.807) is 6.92 Å². The van der Waals surface area contributed by atoms with Crippen molar-refractivity contribution in [3.63, 3.8) is 0 Å². The highest BCUT2D eigenvalue weighted by molar-refractivity contribution is 7.96. The fraction of sp³-hybridized carbons (Fsp3) is 0.600. The summed E-state index contributed by atoms with van der Waals surface area (Å²) >= 11 is 3.47. The van der Waals surface area contributed by atoms with Gasteiger partial charge in [0, 0.05) is 6.04 Å². The lowest BCUT2D eigenvalue weighted by molar-refractivity contribution is 0.258. The molecule has 0 aliphatic carbocycles. The largest absolute Gasteiger partial charge is 0.344 e. The van der Waals surface area contributed by atoms with Crippen LogP contribution in [0.3, 0.4) is 0 Å². The van der Waals surface area contributed by atoms with Crippen LogP contribution in [0.4, 0.5) is 4.79 Å². The lowest BCUT2D eigenvalue weighted by atomic mass is 10.3. The van der Waals surface area contributed by atoms with Crippen LogP contribution in [0.15, 0.2) is 0 Å². The van der Waals surface area contributed by atoms with E-state index in [0.29, 0.717) is 6.42 Å². The van der Waals surface area contributed by atoms with Gasteiger partial charge >= 0.3 is 0 Å². The molecule has 50 valence electrons. The Hall–Kier alpha value is -0.690. The van der Waals surface area contributed by atoms with Gasteiger partial charge in [-0.3, -0.25) is 4.79 Å². The van der Waals surface area contributed by atoms with Gasteiger partial charge in [-0.15, -0.1) is 0 Å². The van der Waals surface area contributed by atoms with Crippen molar-refractivity contribution in [3.05, 3.63) is 0 Å². The Labute approximate surface area is 59.5 Å². The zero-order valence-electron chi connectivity index (χ0n) is 5.09. The summed E-state index contributed by atoms with van der Waals surface area (Å²) in [5.41, 5.74) is 0. The number of rotatable bonds is 2. The summed E-state index contributed by atoms with van der Waals surface area (Å²) in [5.74, 6) is 0. The maximum Gasteiger partial charge on any atom is 0.276 e. The highest BCUT2D eigenvalue weighted by Gasteiger charge is 2.00. The molecule has 1 unspecified atom stereocenters. The molecule has 4 heteroatoms. The number of carbonyl (C=O) groups excluding carboxylic acids is 1. The molecule has 0 saturated heterocycles. The first-order chi connectivity index (χ1) is 4.16. The van der Waals surface area contributed by atoms with Crippen molar-refractivity contribution < 1.29 is 4.79 Å². The molecule has 1 amide bonds. The van der Waals surface area contributed by atoms with Crippen LogP contribution < -0.4 is 5.32 Å². The van der Waals surface area contributed by atoms with E-state index in [2.05, 4.69) is 17.9 Å². The van der Waals surface area contributed by atoms with E-state index < -0.39 is 5.24 Å². The van der Waals surface area contributed by atoms with Crippen LogP contribution >= 0.6 is 12.6 Å². The van der Waals surface area contributed by atoms with Crippen molar-refractivity contribution in [1.29, 1.82) is 5.26 Å². The summed E-state index contributed by atoms with van der Waals surface area (Å²) in [4.78, 5) is 10.2. The average molecular weight is 144 g/mol. The summed E-state index contributed by atoms with van der Waals surface area (Å²) in [6, 6.07) is 1.83. The predicted octanol–water partition coefficient (Wildman–Crippen LogP) is 0.928. The highest BCUT2D eigenvalue weighted by atomic mass is 32.1. The Morgan fingerprint density at radius 2 is 2.56 bits per heavy atom. The number of amides is 1. The van der Waals surface area contributed by atoms with E-state index in [0.717, 1.165) is 0 Å². The third-order valence-corrected chi connectivity index (χ3v) is 0.896. The number of nitrogens with one attached hydrogen (secondary N) is 1. The van der Waals surface area contributed by atoms with E-state index in [1.807, 2.05) is 6.07 Å². The van der Waals surface area contributed by atoms with Gasteiger partial charge in [0.15, 0.2) is 0 Å². The molecule has 0 bridgehead atoms. The van der Waals surface area contributed by atoms with E-state index in [9.17, 15) is 4.79 Å². The first-order valence-electron chi connectivity index (χ1n) is 2.53. The minimum Gasteiger partial charge on any atom is -0.344 e. The summed E-state index contributed by atoms with van der Waals surface area (Å²) in [6.07, 6.45) is 0.326. The second kappa shape index (κ2) is 4.21. The number of carbonyl (C=O) groups is 1. The van der Waals surface area contributed by atoms with Crippen LogP contribution in [0.1, 0.15) is 13.3 Å². The number of hydrogen-bond acceptors (Lipinski definition) is 2. The van der Waals surface area contributed by atoms with Crippen LogP contribution in [0.25, 0.3) is 0 Å². The molecule has 3 nitrogen and oxygen atoms in total. The van der Waals surface area contributed by atoms with Crippen molar-refractivity contribution >= 4 is 17.9 Å². The molecule has 0 rings (SSSR count). The first kappa shape index (κ1) is 8.31. The minimum absolute atomic E-state index is 0.0972. The van der Waals surface area contributed by atoms with Gasteiger partial charge in [-0.1, -0.05) is 12.6 Å². The molecule has 0 fully saturated rings. The van der Waals surface area contributed by atoms with Crippen LogP contribution in [0, 0.1) is 11.3 Å². The normalized spacial score (nSPS) is 11.7. The average Bonchev–Trinajstić information content (AvgIpc) is 1.63.